The minimum atomic E-state index is -4.32. The Kier molecular flexibility index (Phi) is 3.27. The van der Waals surface area contributed by atoms with Gasteiger partial charge in [0.05, 0.1) is 11.1 Å². The van der Waals surface area contributed by atoms with Crippen molar-refractivity contribution in [3.05, 3.63) is 71.4 Å². The van der Waals surface area contributed by atoms with Gasteiger partial charge in [-0.15, -0.1) is 0 Å². The highest BCUT2D eigenvalue weighted by molar-refractivity contribution is 6.06. The first kappa shape index (κ1) is 15.6. The van der Waals surface area contributed by atoms with Crippen molar-refractivity contribution < 1.29 is 13.2 Å². The predicted octanol–water partition coefficient (Wildman–Crippen LogP) is 6.59. The second-order valence-electron chi connectivity index (χ2n) is 7.01. The maximum atomic E-state index is 12.9. The van der Waals surface area contributed by atoms with Gasteiger partial charge in [0.25, 0.3) is 0 Å². The summed E-state index contributed by atoms with van der Waals surface area (Å²) in [6.45, 7) is 0. The van der Waals surface area contributed by atoms with Crippen molar-refractivity contribution in [3.8, 4) is 11.1 Å². The molecule has 1 unspecified atom stereocenters. The molecule has 0 N–H and O–H groups in total. The molecule has 1 heterocycles. The topological polar surface area (TPSA) is 12.9 Å². The molecule has 130 valence electrons. The largest absolute Gasteiger partial charge is 0.416 e. The highest BCUT2D eigenvalue weighted by Crippen LogP contribution is 2.55. The van der Waals surface area contributed by atoms with Crippen LogP contribution in [0.3, 0.4) is 0 Å². The number of hydrogen-bond acceptors (Lipinski definition) is 1. The lowest BCUT2D eigenvalue weighted by Crippen LogP contribution is -2.19. The molecule has 1 aromatic heterocycles. The molecule has 4 heteroatoms. The average molecular weight is 351 g/mol. The van der Waals surface area contributed by atoms with Crippen LogP contribution in [0.25, 0.3) is 27.6 Å². The van der Waals surface area contributed by atoms with Crippen molar-refractivity contribution in [2.45, 2.75) is 31.4 Å². The summed E-state index contributed by atoms with van der Waals surface area (Å²) >= 11 is 0. The summed E-state index contributed by atoms with van der Waals surface area (Å²) in [7, 11) is 0. The molecule has 0 bridgehead atoms. The van der Waals surface area contributed by atoms with Crippen LogP contribution in [-0.2, 0) is 6.18 Å². The molecule has 0 fully saturated rings. The van der Waals surface area contributed by atoms with Crippen LogP contribution in [0.5, 0.6) is 0 Å². The zero-order chi connectivity index (χ0) is 17.9. The average Bonchev–Trinajstić information content (AvgIpc) is 2.64. The Morgan fingerprint density at radius 1 is 1.04 bits per heavy atom. The number of rotatable bonds is 1. The van der Waals surface area contributed by atoms with Crippen molar-refractivity contribution >= 4 is 16.5 Å². The van der Waals surface area contributed by atoms with E-state index in [0.29, 0.717) is 5.92 Å². The third kappa shape index (κ3) is 2.21. The van der Waals surface area contributed by atoms with Gasteiger partial charge in [-0.05, 0) is 65.8 Å². The first-order valence-electron chi connectivity index (χ1n) is 8.84. The van der Waals surface area contributed by atoms with Gasteiger partial charge in [0, 0.05) is 23.1 Å². The van der Waals surface area contributed by atoms with E-state index in [1.165, 1.54) is 23.1 Å². The standard InChI is InChI=1S/C22H16F3N/c23-22(24,25)14-9-7-13(8-10-14)18-12-19-15-4-1-2-5-16(15)20(19)17-6-3-11-26-21(17)18/h3,5-12,15H,1-2,4H2. The van der Waals surface area contributed by atoms with Crippen LogP contribution in [0.4, 0.5) is 13.2 Å². The number of fused-ring (bicyclic) bond motifs is 6. The van der Waals surface area contributed by atoms with Crippen LogP contribution in [0, 0.1) is 0 Å². The predicted molar refractivity (Wildman–Crippen MR) is 96.8 cm³/mol. The van der Waals surface area contributed by atoms with Gasteiger partial charge in [-0.25, -0.2) is 0 Å². The molecule has 2 aliphatic carbocycles. The van der Waals surface area contributed by atoms with Crippen molar-refractivity contribution in [1.29, 1.82) is 0 Å². The highest BCUT2D eigenvalue weighted by Gasteiger charge is 2.36. The van der Waals surface area contributed by atoms with Crippen LogP contribution in [-0.4, -0.2) is 4.98 Å². The number of nitrogens with zero attached hydrogens (tertiary/aromatic N) is 1. The number of benzene rings is 2. The molecule has 0 spiro atoms. The minimum absolute atomic E-state index is 0.469. The Morgan fingerprint density at radius 2 is 1.85 bits per heavy atom. The number of aromatic nitrogens is 1. The van der Waals surface area contributed by atoms with Gasteiger partial charge in [0.1, 0.15) is 0 Å². The molecule has 5 rings (SSSR count). The van der Waals surface area contributed by atoms with E-state index < -0.39 is 11.7 Å². The summed E-state index contributed by atoms with van der Waals surface area (Å²) in [6, 6.07) is 11.5. The molecule has 0 aliphatic heterocycles. The highest BCUT2D eigenvalue weighted by atomic mass is 19.4. The third-order valence-electron chi connectivity index (χ3n) is 5.54. The molecule has 1 nitrogen and oxygen atoms in total. The molecule has 0 saturated heterocycles. The van der Waals surface area contributed by atoms with E-state index in [-0.39, 0.29) is 0 Å². The maximum absolute atomic E-state index is 12.9. The Morgan fingerprint density at radius 3 is 2.62 bits per heavy atom. The molecule has 2 aromatic carbocycles. The summed E-state index contributed by atoms with van der Waals surface area (Å²) in [5, 5.41) is 1.10. The van der Waals surface area contributed by atoms with E-state index in [2.05, 4.69) is 23.2 Å². The smallest absolute Gasteiger partial charge is 0.256 e. The van der Waals surface area contributed by atoms with E-state index in [4.69, 9.17) is 0 Å². The molecule has 0 radical (unpaired) electrons. The molecular formula is C22H16F3N. The van der Waals surface area contributed by atoms with E-state index in [0.717, 1.165) is 47.0 Å². The number of alkyl halides is 3. The Balaban J connectivity index is 1.71. The molecule has 0 amide bonds. The molecule has 3 aromatic rings. The fourth-order valence-electron chi connectivity index (χ4n) is 4.33. The molecular weight excluding hydrogens is 335 g/mol. The lowest BCUT2D eigenvalue weighted by molar-refractivity contribution is -0.137. The number of hydrogen-bond donors (Lipinski definition) is 0. The van der Waals surface area contributed by atoms with E-state index in [9.17, 15) is 13.2 Å². The first-order valence-corrected chi connectivity index (χ1v) is 8.84. The number of pyridine rings is 1. The number of allylic oxidation sites excluding steroid dienone is 2. The van der Waals surface area contributed by atoms with E-state index >= 15 is 0 Å². The van der Waals surface area contributed by atoms with Crippen molar-refractivity contribution in [1.82, 2.24) is 4.98 Å². The van der Waals surface area contributed by atoms with Crippen LogP contribution >= 0.6 is 0 Å². The van der Waals surface area contributed by atoms with Gasteiger partial charge in [-0.2, -0.15) is 13.2 Å². The Labute approximate surface area is 149 Å². The molecule has 26 heavy (non-hydrogen) atoms. The lowest BCUT2D eigenvalue weighted by atomic mass is 9.66. The zero-order valence-corrected chi connectivity index (χ0v) is 14.0. The van der Waals surface area contributed by atoms with E-state index in [1.807, 2.05) is 6.07 Å². The Hall–Kier alpha value is -2.62. The summed E-state index contributed by atoms with van der Waals surface area (Å²) in [4.78, 5) is 4.55. The van der Waals surface area contributed by atoms with Gasteiger partial charge in [0.15, 0.2) is 0 Å². The SMILES string of the molecule is FC(F)(F)c1ccc(-c2cc3c(c4cccnc24)C2=CCCCC23)cc1. The van der Waals surface area contributed by atoms with Crippen LogP contribution in [0.1, 0.15) is 41.9 Å². The van der Waals surface area contributed by atoms with Gasteiger partial charge in [-0.3, -0.25) is 4.98 Å². The summed E-state index contributed by atoms with van der Waals surface area (Å²) in [6.07, 6.45) is 3.22. The number of halogens is 3. The second-order valence-corrected chi connectivity index (χ2v) is 7.01. The van der Waals surface area contributed by atoms with Crippen molar-refractivity contribution in [3.63, 3.8) is 0 Å². The van der Waals surface area contributed by atoms with Crippen molar-refractivity contribution in [2.75, 3.05) is 0 Å². The van der Waals surface area contributed by atoms with E-state index in [1.54, 1.807) is 18.3 Å². The molecule has 1 atom stereocenters. The van der Waals surface area contributed by atoms with Crippen LogP contribution < -0.4 is 0 Å². The van der Waals surface area contributed by atoms with Gasteiger partial charge in [0.2, 0.25) is 0 Å². The van der Waals surface area contributed by atoms with Crippen LogP contribution in [0.15, 0.2) is 54.7 Å². The van der Waals surface area contributed by atoms with Gasteiger partial charge >= 0.3 is 6.18 Å². The normalized spacial score (nSPS) is 18.7. The fraction of sp³-hybridized carbons (Fsp3) is 0.227. The summed E-state index contributed by atoms with van der Waals surface area (Å²) in [5.74, 6) is 0.469. The zero-order valence-electron chi connectivity index (χ0n) is 14.0. The molecule has 0 saturated carbocycles. The maximum Gasteiger partial charge on any atom is 0.416 e. The summed E-state index contributed by atoms with van der Waals surface area (Å²) in [5.41, 5.74) is 5.94. The first-order chi connectivity index (χ1) is 12.5. The van der Waals surface area contributed by atoms with Crippen LogP contribution in [0.2, 0.25) is 0 Å². The quantitative estimate of drug-likeness (QED) is 0.482. The third-order valence-corrected chi connectivity index (χ3v) is 5.54. The second kappa shape index (κ2) is 5.44. The fourth-order valence-corrected chi connectivity index (χ4v) is 4.33. The Bertz CT molecular complexity index is 1050. The summed E-state index contributed by atoms with van der Waals surface area (Å²) < 4.78 is 38.6. The monoisotopic (exact) mass is 351 g/mol. The van der Waals surface area contributed by atoms with Gasteiger partial charge in [-0.1, -0.05) is 24.3 Å². The lowest BCUT2D eigenvalue weighted by Gasteiger charge is -2.38. The van der Waals surface area contributed by atoms with Gasteiger partial charge < -0.3 is 0 Å². The minimum Gasteiger partial charge on any atom is -0.256 e. The van der Waals surface area contributed by atoms with Crippen molar-refractivity contribution in [2.24, 2.45) is 0 Å². The molecule has 2 aliphatic rings.